The molecule has 0 spiro atoms. The number of benzene rings is 2. The molecule has 1 atom stereocenters. The quantitative estimate of drug-likeness (QED) is 0.131. The fourth-order valence-electron chi connectivity index (χ4n) is 5.58. The Labute approximate surface area is 243 Å². The van der Waals surface area contributed by atoms with Crippen molar-refractivity contribution < 1.29 is 14.7 Å². The third kappa shape index (κ3) is 6.61. The Morgan fingerprint density at radius 2 is 1.93 bits per heavy atom. The molecule has 41 heavy (non-hydrogen) atoms. The highest BCUT2D eigenvalue weighted by Crippen LogP contribution is 2.25. The highest BCUT2D eigenvalue weighted by atomic mass is 35.5. The van der Waals surface area contributed by atoms with Gasteiger partial charge in [0.15, 0.2) is 5.84 Å². The van der Waals surface area contributed by atoms with Gasteiger partial charge in [-0.3, -0.25) is 4.90 Å². The standard InChI is InChI=1S/C30H34ClN7O3/c31-23-4-1-20(2-5-23)15-27-33-11-7-29(35-27)41-24-8-12-37(13-9-24)18-28-34-25-16-22(30(32)36-39)3-6-26(25)38(28)17-21-10-14-40-19-21/h1-7,11,16,21,24,39H,8-10,12-15,17-19H2,(H2,32,36). The van der Waals surface area contributed by atoms with Crippen LogP contribution in [0.15, 0.2) is 59.9 Å². The molecular weight excluding hydrogens is 542 g/mol. The Balaban J connectivity index is 1.10. The number of nitrogens with two attached hydrogens (primary N) is 1. The van der Waals surface area contributed by atoms with Crippen LogP contribution in [0, 0.1) is 5.92 Å². The number of fused-ring (bicyclic) bond motifs is 1. The minimum Gasteiger partial charge on any atom is -0.474 e. The van der Waals surface area contributed by atoms with Crippen LogP contribution in [0.3, 0.4) is 0 Å². The minimum absolute atomic E-state index is 0.0788. The number of hydrogen-bond donors (Lipinski definition) is 2. The molecule has 2 aliphatic heterocycles. The highest BCUT2D eigenvalue weighted by molar-refractivity contribution is 6.30. The molecule has 0 amide bonds. The van der Waals surface area contributed by atoms with Gasteiger partial charge in [-0.15, -0.1) is 0 Å². The number of ether oxygens (including phenoxy) is 2. The van der Waals surface area contributed by atoms with Crippen molar-refractivity contribution in [1.29, 1.82) is 0 Å². The molecule has 6 rings (SSSR count). The predicted molar refractivity (Wildman–Crippen MR) is 156 cm³/mol. The number of halogens is 1. The largest absolute Gasteiger partial charge is 0.474 e. The second-order valence-electron chi connectivity index (χ2n) is 10.8. The average Bonchev–Trinajstić information content (AvgIpc) is 3.63. The van der Waals surface area contributed by atoms with E-state index in [4.69, 9.17) is 37.0 Å². The number of hydrogen-bond acceptors (Lipinski definition) is 8. The molecule has 0 aliphatic carbocycles. The van der Waals surface area contributed by atoms with Crippen LogP contribution in [0.1, 0.15) is 42.0 Å². The lowest BCUT2D eigenvalue weighted by Crippen LogP contribution is -2.38. The van der Waals surface area contributed by atoms with E-state index in [2.05, 4.69) is 24.6 Å². The molecule has 0 bridgehead atoms. The zero-order valence-electron chi connectivity index (χ0n) is 22.8. The second kappa shape index (κ2) is 12.4. The van der Waals surface area contributed by atoms with Gasteiger partial charge in [0.25, 0.3) is 0 Å². The second-order valence-corrected chi connectivity index (χ2v) is 11.2. The first-order valence-corrected chi connectivity index (χ1v) is 14.4. The summed E-state index contributed by atoms with van der Waals surface area (Å²) in [7, 11) is 0. The van der Waals surface area contributed by atoms with E-state index in [0.29, 0.717) is 28.8 Å². The summed E-state index contributed by atoms with van der Waals surface area (Å²) < 4.78 is 14.2. The molecule has 4 aromatic rings. The van der Waals surface area contributed by atoms with Crippen LogP contribution < -0.4 is 10.5 Å². The van der Waals surface area contributed by atoms with Crippen molar-refractivity contribution in [3.63, 3.8) is 0 Å². The summed E-state index contributed by atoms with van der Waals surface area (Å²) in [6.07, 6.45) is 5.34. The Morgan fingerprint density at radius 1 is 1.10 bits per heavy atom. The molecule has 0 saturated carbocycles. The molecule has 2 saturated heterocycles. The van der Waals surface area contributed by atoms with Crippen molar-refractivity contribution >= 4 is 28.5 Å². The van der Waals surface area contributed by atoms with E-state index in [1.165, 1.54) is 0 Å². The van der Waals surface area contributed by atoms with Gasteiger partial charge < -0.3 is 25.0 Å². The Bertz CT molecular complexity index is 1510. The predicted octanol–water partition coefficient (Wildman–Crippen LogP) is 4.24. The van der Waals surface area contributed by atoms with E-state index < -0.39 is 0 Å². The minimum atomic E-state index is 0.0788. The van der Waals surface area contributed by atoms with Gasteiger partial charge in [0, 0.05) is 61.4 Å². The molecule has 2 aliphatic rings. The fourth-order valence-corrected chi connectivity index (χ4v) is 5.70. The van der Waals surface area contributed by atoms with Crippen LogP contribution in [0.25, 0.3) is 11.0 Å². The van der Waals surface area contributed by atoms with Crippen molar-refractivity contribution in [2.24, 2.45) is 16.8 Å². The van der Waals surface area contributed by atoms with E-state index in [1.54, 1.807) is 6.20 Å². The van der Waals surface area contributed by atoms with E-state index >= 15 is 0 Å². The average molecular weight is 576 g/mol. The van der Waals surface area contributed by atoms with Crippen molar-refractivity contribution in [2.45, 2.75) is 44.9 Å². The van der Waals surface area contributed by atoms with Crippen LogP contribution in [0.4, 0.5) is 0 Å². The molecule has 1 unspecified atom stereocenters. The van der Waals surface area contributed by atoms with Gasteiger partial charge in [-0.1, -0.05) is 28.9 Å². The van der Waals surface area contributed by atoms with E-state index in [-0.39, 0.29) is 11.9 Å². The van der Waals surface area contributed by atoms with Gasteiger partial charge in [0.05, 0.1) is 24.2 Å². The number of nitrogens with zero attached hydrogens (tertiary/aromatic N) is 6. The third-order valence-electron chi connectivity index (χ3n) is 7.84. The topological polar surface area (TPSA) is 124 Å². The Morgan fingerprint density at radius 3 is 2.68 bits per heavy atom. The summed E-state index contributed by atoms with van der Waals surface area (Å²) in [6.45, 7) is 4.99. The summed E-state index contributed by atoms with van der Waals surface area (Å²) in [4.78, 5) is 16.5. The number of imidazole rings is 1. The summed E-state index contributed by atoms with van der Waals surface area (Å²) in [5, 5.41) is 13.0. The fraction of sp³-hybridized carbons (Fsp3) is 0.400. The smallest absolute Gasteiger partial charge is 0.216 e. The van der Waals surface area contributed by atoms with Gasteiger partial charge in [-0.2, -0.15) is 4.98 Å². The maximum Gasteiger partial charge on any atom is 0.216 e. The van der Waals surface area contributed by atoms with Gasteiger partial charge in [0.2, 0.25) is 5.88 Å². The van der Waals surface area contributed by atoms with E-state index in [0.717, 1.165) is 86.9 Å². The lowest BCUT2D eigenvalue weighted by atomic mass is 10.1. The first kappa shape index (κ1) is 27.4. The summed E-state index contributed by atoms with van der Waals surface area (Å²) in [6, 6.07) is 15.3. The molecule has 0 radical (unpaired) electrons. The number of oxime groups is 1. The van der Waals surface area contributed by atoms with Crippen LogP contribution >= 0.6 is 11.6 Å². The molecule has 4 heterocycles. The van der Waals surface area contributed by atoms with Crippen molar-refractivity contribution in [3.8, 4) is 5.88 Å². The van der Waals surface area contributed by atoms with Crippen LogP contribution in [0.5, 0.6) is 5.88 Å². The zero-order chi connectivity index (χ0) is 28.2. The maximum absolute atomic E-state index is 9.12. The van der Waals surface area contributed by atoms with Crippen molar-refractivity contribution in [1.82, 2.24) is 24.4 Å². The van der Waals surface area contributed by atoms with Gasteiger partial charge in [-0.05, 0) is 55.2 Å². The summed E-state index contributed by atoms with van der Waals surface area (Å²) >= 11 is 6.01. The Hall–Kier alpha value is -3.73. The summed E-state index contributed by atoms with van der Waals surface area (Å²) in [5.41, 5.74) is 9.50. The summed E-state index contributed by atoms with van der Waals surface area (Å²) in [5.74, 6) is 2.90. The lowest BCUT2D eigenvalue weighted by Gasteiger charge is -2.31. The molecule has 2 aromatic carbocycles. The number of amidine groups is 1. The number of rotatable bonds is 9. The van der Waals surface area contributed by atoms with E-state index in [9.17, 15) is 0 Å². The van der Waals surface area contributed by atoms with Crippen LogP contribution in [-0.4, -0.2) is 67.9 Å². The number of aromatic nitrogens is 4. The number of likely N-dealkylation sites (tertiary alicyclic amines) is 1. The lowest BCUT2D eigenvalue weighted by molar-refractivity contribution is 0.0908. The SMILES string of the molecule is NC(=NO)c1ccc2c(c1)nc(CN1CCC(Oc3ccnc(Cc4ccc(Cl)cc4)n3)CC1)n2CC1CCOC1. The zero-order valence-corrected chi connectivity index (χ0v) is 23.6. The van der Waals surface area contributed by atoms with Gasteiger partial charge in [0.1, 0.15) is 17.8 Å². The van der Waals surface area contributed by atoms with Gasteiger partial charge >= 0.3 is 0 Å². The molecule has 10 nitrogen and oxygen atoms in total. The number of piperidine rings is 1. The van der Waals surface area contributed by atoms with Gasteiger partial charge in [-0.25, -0.2) is 9.97 Å². The maximum atomic E-state index is 9.12. The molecule has 11 heteroatoms. The first-order valence-electron chi connectivity index (χ1n) is 14.0. The van der Waals surface area contributed by atoms with Crippen molar-refractivity contribution in [3.05, 3.63) is 82.5 Å². The molecule has 214 valence electrons. The first-order chi connectivity index (χ1) is 20.0. The van der Waals surface area contributed by atoms with Crippen LogP contribution in [-0.2, 0) is 24.2 Å². The third-order valence-corrected chi connectivity index (χ3v) is 8.09. The Kier molecular flexibility index (Phi) is 8.31. The molecule has 2 fully saturated rings. The molecular formula is C30H34ClN7O3. The van der Waals surface area contributed by atoms with Crippen molar-refractivity contribution in [2.75, 3.05) is 26.3 Å². The monoisotopic (exact) mass is 575 g/mol. The van der Waals surface area contributed by atoms with Crippen LogP contribution in [0.2, 0.25) is 5.02 Å². The molecule has 2 aromatic heterocycles. The normalized spacial score (nSPS) is 18.8. The highest BCUT2D eigenvalue weighted by Gasteiger charge is 2.25. The molecule has 3 N–H and O–H groups in total. The van der Waals surface area contributed by atoms with E-state index in [1.807, 2.05) is 48.5 Å².